The summed E-state index contributed by atoms with van der Waals surface area (Å²) in [5.41, 5.74) is 3.47. The highest BCUT2D eigenvalue weighted by Crippen LogP contribution is 2.31. The lowest BCUT2D eigenvalue weighted by atomic mass is 10.2. The van der Waals surface area contributed by atoms with E-state index in [1.54, 1.807) is 31.3 Å². The number of benzene rings is 2. The molecule has 0 N–H and O–H groups in total. The molecular formula is C21H18N6O2. The van der Waals surface area contributed by atoms with Crippen LogP contribution in [0.15, 0.2) is 61.1 Å². The van der Waals surface area contributed by atoms with E-state index in [4.69, 9.17) is 14.5 Å². The van der Waals surface area contributed by atoms with Crippen LogP contribution in [0.5, 0.6) is 11.5 Å². The van der Waals surface area contributed by atoms with E-state index in [1.165, 1.54) is 0 Å². The normalized spacial score (nSPS) is 11.2. The standard InChI is InChI=1S/C21H18N6O2/c1-28-17-9-8-15(10-18(17)29-2)19-24-21-16-11-23-26(12-14-6-4-3-5-7-14)20(16)22-13-27(21)25-19/h3-11,13H,12H2,1-2H3. The van der Waals surface area contributed by atoms with Gasteiger partial charge in [0.2, 0.25) is 0 Å². The van der Waals surface area contributed by atoms with Crippen LogP contribution in [-0.4, -0.2) is 43.6 Å². The second-order valence-corrected chi connectivity index (χ2v) is 6.54. The second-order valence-electron chi connectivity index (χ2n) is 6.54. The number of hydrogen-bond donors (Lipinski definition) is 0. The topological polar surface area (TPSA) is 79.4 Å². The molecule has 0 saturated heterocycles. The molecule has 0 aliphatic heterocycles. The Labute approximate surface area is 166 Å². The van der Waals surface area contributed by atoms with Crippen molar-refractivity contribution >= 4 is 16.7 Å². The van der Waals surface area contributed by atoms with Gasteiger partial charge in [0, 0.05) is 5.56 Å². The van der Waals surface area contributed by atoms with Crippen LogP contribution < -0.4 is 9.47 Å². The lowest BCUT2D eigenvalue weighted by Crippen LogP contribution is -2.03. The molecule has 5 rings (SSSR count). The minimum absolute atomic E-state index is 0.580. The molecule has 0 atom stereocenters. The maximum absolute atomic E-state index is 5.39. The second kappa shape index (κ2) is 6.90. The van der Waals surface area contributed by atoms with Crippen LogP contribution in [0.4, 0.5) is 0 Å². The summed E-state index contributed by atoms with van der Waals surface area (Å²) in [5, 5.41) is 9.93. The quantitative estimate of drug-likeness (QED) is 0.461. The van der Waals surface area contributed by atoms with Gasteiger partial charge in [-0.25, -0.2) is 19.2 Å². The fourth-order valence-corrected chi connectivity index (χ4v) is 3.34. The summed E-state index contributed by atoms with van der Waals surface area (Å²) in [6.07, 6.45) is 3.45. The summed E-state index contributed by atoms with van der Waals surface area (Å²) in [7, 11) is 3.21. The molecule has 0 unspecified atom stereocenters. The molecule has 0 aliphatic carbocycles. The van der Waals surface area contributed by atoms with Crippen LogP contribution in [0, 0.1) is 0 Å². The Bertz CT molecular complexity index is 1310. The van der Waals surface area contributed by atoms with Crippen LogP contribution in [0.2, 0.25) is 0 Å². The van der Waals surface area contributed by atoms with Gasteiger partial charge in [-0.15, -0.1) is 5.10 Å². The molecular weight excluding hydrogens is 368 g/mol. The predicted octanol–water partition coefficient (Wildman–Crippen LogP) is 3.21. The number of ether oxygens (including phenoxy) is 2. The Hall–Kier alpha value is -3.94. The Balaban J connectivity index is 1.58. The molecule has 0 saturated carbocycles. The van der Waals surface area contributed by atoms with Crippen molar-refractivity contribution in [1.82, 2.24) is 29.4 Å². The molecule has 0 fully saturated rings. The highest BCUT2D eigenvalue weighted by atomic mass is 16.5. The van der Waals surface area contributed by atoms with E-state index in [-0.39, 0.29) is 0 Å². The number of methoxy groups -OCH3 is 2. The van der Waals surface area contributed by atoms with E-state index in [9.17, 15) is 0 Å². The van der Waals surface area contributed by atoms with Gasteiger partial charge >= 0.3 is 0 Å². The molecule has 29 heavy (non-hydrogen) atoms. The maximum atomic E-state index is 5.39. The third-order valence-electron chi connectivity index (χ3n) is 4.79. The lowest BCUT2D eigenvalue weighted by molar-refractivity contribution is 0.355. The summed E-state index contributed by atoms with van der Waals surface area (Å²) in [6, 6.07) is 15.8. The SMILES string of the molecule is COc1ccc(-c2nc3c4cnn(Cc5ccccc5)c4ncn3n2)cc1OC. The third kappa shape index (κ3) is 2.94. The van der Waals surface area contributed by atoms with Crippen molar-refractivity contribution in [3.8, 4) is 22.9 Å². The van der Waals surface area contributed by atoms with Crippen molar-refractivity contribution in [1.29, 1.82) is 0 Å². The first-order valence-electron chi connectivity index (χ1n) is 9.10. The summed E-state index contributed by atoms with van der Waals surface area (Å²) in [5.74, 6) is 1.87. The molecule has 0 bridgehead atoms. The average molecular weight is 386 g/mol. The molecule has 0 aliphatic rings. The van der Waals surface area contributed by atoms with Gasteiger partial charge in [0.15, 0.2) is 28.6 Å². The van der Waals surface area contributed by atoms with Gasteiger partial charge in [-0.3, -0.25) is 0 Å². The summed E-state index contributed by atoms with van der Waals surface area (Å²) < 4.78 is 14.2. The van der Waals surface area contributed by atoms with Gasteiger partial charge in [0.25, 0.3) is 0 Å². The first kappa shape index (κ1) is 17.2. The van der Waals surface area contributed by atoms with Crippen molar-refractivity contribution in [2.75, 3.05) is 14.2 Å². The maximum Gasteiger partial charge on any atom is 0.182 e. The Kier molecular flexibility index (Phi) is 4.09. The predicted molar refractivity (Wildman–Crippen MR) is 108 cm³/mol. The van der Waals surface area contributed by atoms with Gasteiger partial charge in [0.1, 0.15) is 6.33 Å². The van der Waals surface area contributed by atoms with Crippen molar-refractivity contribution in [3.05, 3.63) is 66.6 Å². The van der Waals surface area contributed by atoms with E-state index in [0.717, 1.165) is 22.2 Å². The van der Waals surface area contributed by atoms with Crippen molar-refractivity contribution in [3.63, 3.8) is 0 Å². The van der Waals surface area contributed by atoms with Crippen molar-refractivity contribution < 1.29 is 9.47 Å². The Morgan fingerprint density at radius 3 is 2.55 bits per heavy atom. The smallest absolute Gasteiger partial charge is 0.182 e. The largest absolute Gasteiger partial charge is 0.493 e. The zero-order chi connectivity index (χ0) is 19.8. The molecule has 8 nitrogen and oxygen atoms in total. The molecule has 144 valence electrons. The Morgan fingerprint density at radius 1 is 0.931 bits per heavy atom. The van der Waals surface area contributed by atoms with Gasteiger partial charge in [-0.2, -0.15) is 5.10 Å². The fourth-order valence-electron chi connectivity index (χ4n) is 3.34. The zero-order valence-corrected chi connectivity index (χ0v) is 16.0. The number of fused-ring (bicyclic) bond motifs is 3. The molecule has 5 aromatic rings. The lowest BCUT2D eigenvalue weighted by Gasteiger charge is -2.07. The number of aromatic nitrogens is 6. The third-order valence-corrected chi connectivity index (χ3v) is 4.79. The van der Waals surface area contributed by atoms with Gasteiger partial charge in [-0.05, 0) is 23.8 Å². The fraction of sp³-hybridized carbons (Fsp3) is 0.143. The summed E-state index contributed by atoms with van der Waals surface area (Å²) >= 11 is 0. The Morgan fingerprint density at radius 2 is 1.76 bits per heavy atom. The molecule has 3 aromatic heterocycles. The summed E-state index contributed by atoms with van der Waals surface area (Å²) in [4.78, 5) is 9.27. The molecule has 0 amide bonds. The van der Waals surface area contributed by atoms with Gasteiger partial charge < -0.3 is 9.47 Å². The molecule has 0 spiro atoms. The van der Waals surface area contributed by atoms with E-state index in [2.05, 4.69) is 27.3 Å². The highest BCUT2D eigenvalue weighted by Gasteiger charge is 2.15. The van der Waals surface area contributed by atoms with E-state index in [1.807, 2.05) is 41.1 Å². The van der Waals surface area contributed by atoms with Gasteiger partial charge in [-0.1, -0.05) is 30.3 Å². The van der Waals surface area contributed by atoms with Crippen molar-refractivity contribution in [2.45, 2.75) is 6.54 Å². The minimum Gasteiger partial charge on any atom is -0.493 e. The number of rotatable bonds is 5. The zero-order valence-electron chi connectivity index (χ0n) is 16.0. The van der Waals surface area contributed by atoms with Crippen LogP contribution in [0.25, 0.3) is 28.1 Å². The van der Waals surface area contributed by atoms with E-state index < -0.39 is 0 Å². The van der Waals surface area contributed by atoms with Gasteiger partial charge in [0.05, 0.1) is 32.3 Å². The van der Waals surface area contributed by atoms with Crippen LogP contribution in [-0.2, 0) is 6.54 Å². The van der Waals surface area contributed by atoms with Crippen LogP contribution >= 0.6 is 0 Å². The van der Waals surface area contributed by atoms with E-state index in [0.29, 0.717) is 29.5 Å². The molecule has 3 heterocycles. The monoisotopic (exact) mass is 386 g/mol. The first-order valence-corrected chi connectivity index (χ1v) is 9.10. The number of hydrogen-bond acceptors (Lipinski definition) is 6. The molecule has 8 heteroatoms. The first-order chi connectivity index (χ1) is 14.3. The molecule has 0 radical (unpaired) electrons. The van der Waals surface area contributed by atoms with E-state index >= 15 is 0 Å². The summed E-state index contributed by atoms with van der Waals surface area (Å²) in [6.45, 7) is 0.643. The van der Waals surface area contributed by atoms with Crippen LogP contribution in [0.1, 0.15) is 5.56 Å². The highest BCUT2D eigenvalue weighted by molar-refractivity contribution is 5.89. The number of nitrogens with zero attached hydrogens (tertiary/aromatic N) is 6. The van der Waals surface area contributed by atoms with Crippen molar-refractivity contribution in [2.24, 2.45) is 0 Å². The van der Waals surface area contributed by atoms with Crippen LogP contribution in [0.3, 0.4) is 0 Å². The minimum atomic E-state index is 0.580. The average Bonchev–Trinajstić information content (AvgIpc) is 3.38. The molecule has 2 aromatic carbocycles.